The zero-order chi connectivity index (χ0) is 21.8. The van der Waals surface area contributed by atoms with Crippen molar-refractivity contribution in [2.24, 2.45) is 10.9 Å². The summed E-state index contributed by atoms with van der Waals surface area (Å²) in [6.07, 6.45) is 11.5. The van der Waals surface area contributed by atoms with Gasteiger partial charge in [-0.3, -0.25) is 14.8 Å². The largest absolute Gasteiger partial charge is 0.472 e. The molecule has 9 nitrogen and oxygen atoms in total. The molecule has 0 spiro atoms. The normalized spacial score (nSPS) is 19.8. The first kappa shape index (κ1) is 20.7. The van der Waals surface area contributed by atoms with Gasteiger partial charge in [-0.05, 0) is 50.2 Å². The summed E-state index contributed by atoms with van der Waals surface area (Å²) in [4.78, 5) is 29.7. The Morgan fingerprint density at radius 2 is 2.00 bits per heavy atom. The number of pyridine rings is 1. The van der Waals surface area contributed by atoms with Gasteiger partial charge in [0.05, 0.1) is 24.1 Å². The lowest BCUT2D eigenvalue weighted by Crippen LogP contribution is -2.35. The lowest BCUT2D eigenvalue weighted by atomic mass is 9.85. The van der Waals surface area contributed by atoms with E-state index in [2.05, 4.69) is 30.9 Å². The summed E-state index contributed by atoms with van der Waals surface area (Å²) in [6, 6.07) is 3.87. The second-order valence-electron chi connectivity index (χ2n) is 8.66. The van der Waals surface area contributed by atoms with Crippen molar-refractivity contribution in [3.63, 3.8) is 0 Å². The van der Waals surface area contributed by atoms with Crippen LogP contribution in [0.5, 0.6) is 0 Å². The van der Waals surface area contributed by atoms with Crippen LogP contribution in [0.1, 0.15) is 61.8 Å². The number of amides is 1. The van der Waals surface area contributed by atoms with Gasteiger partial charge in [0.2, 0.25) is 11.9 Å². The lowest BCUT2D eigenvalue weighted by molar-refractivity contribution is -0.127. The van der Waals surface area contributed by atoms with Gasteiger partial charge in [0.1, 0.15) is 5.82 Å². The van der Waals surface area contributed by atoms with Gasteiger partial charge in [0.25, 0.3) is 0 Å². The van der Waals surface area contributed by atoms with Crippen molar-refractivity contribution in [2.45, 2.75) is 50.5 Å². The van der Waals surface area contributed by atoms with Crippen LogP contribution in [-0.2, 0) is 9.53 Å². The number of carbonyl (C=O) groups excluding carboxylic acids is 1. The van der Waals surface area contributed by atoms with E-state index in [-0.39, 0.29) is 17.9 Å². The highest BCUT2D eigenvalue weighted by molar-refractivity contribution is 5.79. The first-order valence-electron chi connectivity index (χ1n) is 11.5. The van der Waals surface area contributed by atoms with E-state index in [1.165, 1.54) is 31.2 Å². The van der Waals surface area contributed by atoms with Crippen LogP contribution in [0.4, 0.5) is 17.5 Å². The second-order valence-corrected chi connectivity index (χ2v) is 8.66. The van der Waals surface area contributed by atoms with Crippen LogP contribution in [0.2, 0.25) is 0 Å². The van der Waals surface area contributed by atoms with Crippen LogP contribution in [-0.4, -0.2) is 46.9 Å². The van der Waals surface area contributed by atoms with E-state index < -0.39 is 0 Å². The number of hydrogen-bond donors (Lipinski definition) is 3. The minimum atomic E-state index is -0.104. The number of aliphatic imine (C=N–C) groups is 1. The van der Waals surface area contributed by atoms with E-state index >= 15 is 0 Å². The third-order valence-electron chi connectivity index (χ3n) is 6.20. The number of aromatic nitrogens is 3. The summed E-state index contributed by atoms with van der Waals surface area (Å²) in [7, 11) is 0. The van der Waals surface area contributed by atoms with Crippen LogP contribution in [0.25, 0.3) is 0 Å². The molecule has 0 aromatic carbocycles. The zero-order valence-electron chi connectivity index (χ0n) is 18.1. The summed E-state index contributed by atoms with van der Waals surface area (Å²) < 4.78 is 5.41. The predicted molar refractivity (Wildman–Crippen MR) is 122 cm³/mol. The average Bonchev–Trinajstić information content (AvgIpc) is 3.46. The number of nitrogens with one attached hydrogen (secondary N) is 3. The van der Waals surface area contributed by atoms with Crippen molar-refractivity contribution in [2.75, 3.05) is 30.3 Å². The minimum absolute atomic E-state index is 0.104. The Morgan fingerprint density at radius 1 is 1.09 bits per heavy atom. The van der Waals surface area contributed by atoms with Gasteiger partial charge in [0, 0.05) is 30.8 Å². The first-order valence-corrected chi connectivity index (χ1v) is 11.5. The number of carbonyl (C=O) groups is 1. The van der Waals surface area contributed by atoms with Gasteiger partial charge in [-0.2, -0.15) is 4.98 Å². The highest BCUT2D eigenvalue weighted by Gasteiger charge is 2.28. The average molecular weight is 436 g/mol. The molecule has 1 unspecified atom stereocenters. The van der Waals surface area contributed by atoms with Crippen molar-refractivity contribution in [1.29, 1.82) is 0 Å². The maximum Gasteiger partial charge on any atom is 0.229 e. The summed E-state index contributed by atoms with van der Waals surface area (Å²) >= 11 is 0. The first-order chi connectivity index (χ1) is 15.8. The molecule has 2 saturated carbocycles. The molecule has 3 N–H and O–H groups in total. The predicted octanol–water partition coefficient (Wildman–Crippen LogP) is 3.31. The molecule has 0 radical (unpaired) electrons. The fraction of sp³-hybridized carbons (Fsp3) is 0.522. The minimum Gasteiger partial charge on any atom is -0.472 e. The Kier molecular flexibility index (Phi) is 6.13. The van der Waals surface area contributed by atoms with Gasteiger partial charge in [-0.25, -0.2) is 4.98 Å². The van der Waals surface area contributed by atoms with Crippen molar-refractivity contribution >= 4 is 29.8 Å². The molecule has 1 atom stereocenters. The number of ether oxygens (including phenoxy) is 1. The van der Waals surface area contributed by atoms with E-state index in [1.54, 1.807) is 6.20 Å². The van der Waals surface area contributed by atoms with Gasteiger partial charge in [-0.15, -0.1) is 0 Å². The molecule has 5 rings (SSSR count). The Bertz CT molecular complexity index is 963. The highest BCUT2D eigenvalue weighted by atomic mass is 16.5. The smallest absolute Gasteiger partial charge is 0.229 e. The highest BCUT2D eigenvalue weighted by Crippen LogP contribution is 2.42. The summed E-state index contributed by atoms with van der Waals surface area (Å²) in [5.74, 6) is 2.39. The van der Waals surface area contributed by atoms with Crippen molar-refractivity contribution in [1.82, 2.24) is 20.3 Å². The van der Waals surface area contributed by atoms with E-state index in [9.17, 15) is 4.79 Å². The molecule has 2 aliphatic carbocycles. The van der Waals surface area contributed by atoms with Crippen LogP contribution in [0.15, 0.2) is 29.5 Å². The molecule has 2 aromatic rings. The molecule has 0 saturated heterocycles. The van der Waals surface area contributed by atoms with Crippen LogP contribution in [0, 0.1) is 5.92 Å². The van der Waals surface area contributed by atoms with E-state index in [0.717, 1.165) is 43.0 Å². The summed E-state index contributed by atoms with van der Waals surface area (Å²) in [5.41, 5.74) is 2.84. The lowest BCUT2D eigenvalue weighted by Gasteiger charge is -2.24. The zero-order valence-corrected chi connectivity index (χ0v) is 18.1. The third-order valence-corrected chi connectivity index (χ3v) is 6.20. The number of anilines is 3. The van der Waals surface area contributed by atoms with Crippen molar-refractivity contribution in [3.8, 4) is 0 Å². The van der Waals surface area contributed by atoms with Gasteiger partial charge in [-0.1, -0.05) is 6.42 Å². The Balaban J connectivity index is 1.16. The molecule has 2 aromatic heterocycles. The van der Waals surface area contributed by atoms with E-state index in [0.29, 0.717) is 25.0 Å². The van der Waals surface area contributed by atoms with Gasteiger partial charge >= 0.3 is 0 Å². The summed E-state index contributed by atoms with van der Waals surface area (Å²) in [5, 5.41) is 9.73. The second kappa shape index (κ2) is 9.50. The van der Waals surface area contributed by atoms with E-state index in [4.69, 9.17) is 9.72 Å². The molecule has 3 aliphatic rings. The number of rotatable bonds is 10. The van der Waals surface area contributed by atoms with Gasteiger partial charge < -0.3 is 20.7 Å². The molecule has 1 aliphatic heterocycles. The van der Waals surface area contributed by atoms with Crippen molar-refractivity contribution in [3.05, 3.63) is 35.8 Å². The molecule has 32 heavy (non-hydrogen) atoms. The fourth-order valence-electron chi connectivity index (χ4n) is 3.87. The van der Waals surface area contributed by atoms with Crippen LogP contribution < -0.4 is 16.0 Å². The Morgan fingerprint density at radius 3 is 2.69 bits per heavy atom. The molecule has 168 valence electrons. The molecule has 2 fully saturated rings. The monoisotopic (exact) mass is 435 g/mol. The quantitative estimate of drug-likeness (QED) is 0.491. The number of hydrogen-bond acceptors (Lipinski definition) is 8. The SMILES string of the molecule is O=C(NCCCNc1nc(Nc2ccc(C3CN=CO3)nc2)ncc1C1CC1)C1CCC1. The maximum absolute atomic E-state index is 11.9. The topological polar surface area (TPSA) is 113 Å². The Labute approximate surface area is 187 Å². The number of nitrogens with zero attached hydrogens (tertiary/aromatic N) is 4. The molecule has 0 bridgehead atoms. The summed E-state index contributed by atoms with van der Waals surface area (Å²) in [6.45, 7) is 2.04. The van der Waals surface area contributed by atoms with E-state index in [1.807, 2.05) is 18.3 Å². The Hall–Kier alpha value is -3.23. The molecule has 1 amide bonds. The van der Waals surface area contributed by atoms with Gasteiger partial charge in [0.15, 0.2) is 12.5 Å². The molecule has 9 heteroatoms. The molecule has 3 heterocycles. The molecular formula is C23H29N7O2. The third kappa shape index (κ3) is 4.98. The van der Waals surface area contributed by atoms with Crippen LogP contribution in [0.3, 0.4) is 0 Å². The fourth-order valence-corrected chi connectivity index (χ4v) is 3.87. The van der Waals surface area contributed by atoms with Crippen LogP contribution >= 0.6 is 0 Å². The molecular weight excluding hydrogens is 406 g/mol. The van der Waals surface area contributed by atoms with Crippen molar-refractivity contribution < 1.29 is 9.53 Å². The maximum atomic E-state index is 11.9. The standard InChI is InChI=1S/C23H29N7O2/c31-22(16-3-1-4-16)26-10-2-9-25-21-18(15-5-6-15)12-28-23(30-21)29-17-7-8-19(27-11-17)20-13-24-14-32-20/h7-8,11-12,14-16,20H,1-6,9-10,13H2,(H,26,31)(H2,25,28,29,30).